The Morgan fingerprint density at radius 3 is 2.31 bits per heavy atom. The smallest absolute Gasteiger partial charge is 0.256 e. The van der Waals surface area contributed by atoms with Crippen LogP contribution in [0.15, 0.2) is 97.5 Å². The maximum Gasteiger partial charge on any atom is 0.256 e. The molecule has 2 heterocycles. The summed E-state index contributed by atoms with van der Waals surface area (Å²) in [6.07, 6.45) is 3.32. The summed E-state index contributed by atoms with van der Waals surface area (Å²) in [6, 6.07) is 25.8. The molecule has 6 nitrogen and oxygen atoms in total. The molecule has 0 saturated heterocycles. The molecule has 0 spiro atoms. The van der Waals surface area contributed by atoms with Crippen LogP contribution in [0.2, 0.25) is 0 Å². The largest absolute Gasteiger partial charge is 0.505 e. The molecule has 156 valence electrons. The number of nitrogens with zero attached hydrogens (tertiary/aromatic N) is 2. The molecule has 1 unspecified atom stereocenters. The second-order valence-electron chi connectivity index (χ2n) is 7.38. The molecule has 0 bridgehead atoms. The van der Waals surface area contributed by atoms with Gasteiger partial charge in [-0.3, -0.25) is 4.79 Å². The van der Waals surface area contributed by atoms with Gasteiger partial charge < -0.3 is 15.4 Å². The normalized spacial score (nSPS) is 11.9. The van der Waals surface area contributed by atoms with Gasteiger partial charge in [0.2, 0.25) is 0 Å². The maximum atomic E-state index is 13.6. The number of fused-ring (bicyclic) bond motifs is 1. The zero-order valence-corrected chi connectivity index (χ0v) is 17.1. The number of carbonyl (C=O) groups excluding carboxylic acids is 1. The molecule has 0 radical (unpaired) electrons. The number of aromatic amines is 1. The summed E-state index contributed by atoms with van der Waals surface area (Å²) in [4.78, 5) is 25.5. The molecule has 2 aromatic heterocycles. The van der Waals surface area contributed by atoms with Crippen LogP contribution in [-0.4, -0.2) is 26.0 Å². The third-order valence-electron chi connectivity index (χ3n) is 5.36. The van der Waals surface area contributed by atoms with Crippen LogP contribution in [0.1, 0.15) is 27.7 Å². The summed E-state index contributed by atoms with van der Waals surface area (Å²) >= 11 is 0. The zero-order valence-electron chi connectivity index (χ0n) is 17.1. The number of H-pyrrole nitrogens is 1. The third kappa shape index (κ3) is 3.58. The first kappa shape index (κ1) is 19.5. The summed E-state index contributed by atoms with van der Waals surface area (Å²) in [5, 5.41) is 14.8. The Morgan fingerprint density at radius 2 is 1.59 bits per heavy atom. The van der Waals surface area contributed by atoms with Gasteiger partial charge in [-0.15, -0.1) is 0 Å². The Bertz CT molecular complexity index is 1370. The van der Waals surface area contributed by atoms with Crippen LogP contribution in [0.3, 0.4) is 0 Å². The van der Waals surface area contributed by atoms with Crippen LogP contribution in [0.5, 0.6) is 5.75 Å². The van der Waals surface area contributed by atoms with E-state index in [9.17, 15) is 9.90 Å². The number of nitrogens with one attached hydrogen (secondary N) is 2. The Balaban J connectivity index is 1.63. The first-order chi connectivity index (χ1) is 15.7. The summed E-state index contributed by atoms with van der Waals surface area (Å²) in [6.45, 7) is 0. The molecule has 0 aliphatic rings. The van der Waals surface area contributed by atoms with Gasteiger partial charge in [0.15, 0.2) is 5.75 Å². The number of imidazole rings is 1. The van der Waals surface area contributed by atoms with Crippen molar-refractivity contribution in [1.29, 1.82) is 0 Å². The number of pyridine rings is 1. The van der Waals surface area contributed by atoms with Crippen molar-refractivity contribution in [2.75, 3.05) is 0 Å². The van der Waals surface area contributed by atoms with Gasteiger partial charge in [-0.1, -0.05) is 78.9 Å². The van der Waals surface area contributed by atoms with E-state index in [4.69, 9.17) is 0 Å². The van der Waals surface area contributed by atoms with E-state index < -0.39 is 11.9 Å². The number of benzene rings is 3. The van der Waals surface area contributed by atoms with Crippen molar-refractivity contribution in [3.05, 3.63) is 114 Å². The molecular weight excluding hydrogens is 400 g/mol. The van der Waals surface area contributed by atoms with E-state index in [1.165, 1.54) is 0 Å². The van der Waals surface area contributed by atoms with Crippen molar-refractivity contribution >= 4 is 16.8 Å². The van der Waals surface area contributed by atoms with Gasteiger partial charge in [-0.25, -0.2) is 9.97 Å². The van der Waals surface area contributed by atoms with Gasteiger partial charge in [0.05, 0.1) is 29.1 Å². The lowest BCUT2D eigenvalue weighted by Crippen LogP contribution is -2.30. The lowest BCUT2D eigenvalue weighted by Gasteiger charge is -2.19. The first-order valence-corrected chi connectivity index (χ1v) is 10.2. The van der Waals surface area contributed by atoms with Crippen molar-refractivity contribution in [3.8, 4) is 17.0 Å². The van der Waals surface area contributed by atoms with Gasteiger partial charge in [-0.2, -0.15) is 0 Å². The lowest BCUT2D eigenvalue weighted by atomic mass is 10.00. The number of hydrogen-bond donors (Lipinski definition) is 3. The fourth-order valence-corrected chi connectivity index (χ4v) is 3.84. The highest BCUT2D eigenvalue weighted by Crippen LogP contribution is 2.35. The predicted octanol–water partition coefficient (Wildman–Crippen LogP) is 4.85. The molecule has 0 saturated carbocycles. The number of carbonyl (C=O) groups is 1. The molecule has 1 atom stereocenters. The van der Waals surface area contributed by atoms with Crippen LogP contribution in [0.25, 0.3) is 22.2 Å². The molecule has 0 aliphatic carbocycles. The SMILES string of the molecule is O=C(NC(c1ccccc1)c1c[nH]cn1)c1c(O)c(-c2ccccc2)nc2ccccc12. The van der Waals surface area contributed by atoms with Gasteiger partial charge in [0, 0.05) is 17.1 Å². The van der Waals surface area contributed by atoms with Crippen molar-refractivity contribution in [1.82, 2.24) is 20.3 Å². The van der Waals surface area contributed by atoms with E-state index in [1.807, 2.05) is 78.9 Å². The van der Waals surface area contributed by atoms with Gasteiger partial charge >= 0.3 is 0 Å². The van der Waals surface area contributed by atoms with Crippen LogP contribution >= 0.6 is 0 Å². The first-order valence-electron chi connectivity index (χ1n) is 10.2. The molecule has 5 rings (SSSR count). The number of rotatable bonds is 5. The Labute approximate surface area is 184 Å². The second kappa shape index (κ2) is 8.35. The van der Waals surface area contributed by atoms with Crippen molar-refractivity contribution in [3.63, 3.8) is 0 Å². The zero-order chi connectivity index (χ0) is 21.9. The standard InChI is InChI=1S/C26H20N4O2/c31-25-22(19-13-7-8-14-20(19)29-24(25)18-11-5-2-6-12-18)26(32)30-23(21-15-27-16-28-21)17-9-3-1-4-10-17/h1-16,23,31H,(H,27,28)(H,30,32). The monoisotopic (exact) mass is 420 g/mol. The molecule has 6 heteroatoms. The highest BCUT2D eigenvalue weighted by atomic mass is 16.3. The summed E-state index contributed by atoms with van der Waals surface area (Å²) < 4.78 is 0. The molecule has 3 N–H and O–H groups in total. The van der Waals surface area contributed by atoms with Gasteiger partial charge in [0.25, 0.3) is 5.91 Å². The highest BCUT2D eigenvalue weighted by Gasteiger charge is 2.25. The van der Waals surface area contributed by atoms with E-state index in [-0.39, 0.29) is 11.3 Å². The van der Waals surface area contributed by atoms with E-state index in [0.717, 1.165) is 11.1 Å². The van der Waals surface area contributed by atoms with Crippen molar-refractivity contribution in [2.24, 2.45) is 0 Å². The van der Waals surface area contributed by atoms with Crippen molar-refractivity contribution < 1.29 is 9.90 Å². The average molecular weight is 420 g/mol. The minimum atomic E-state index is -0.485. The second-order valence-corrected chi connectivity index (χ2v) is 7.38. The quantitative estimate of drug-likeness (QED) is 0.379. The molecule has 0 fully saturated rings. The third-order valence-corrected chi connectivity index (χ3v) is 5.36. The fourth-order valence-electron chi connectivity index (χ4n) is 3.84. The Kier molecular flexibility index (Phi) is 5.09. The molecule has 5 aromatic rings. The maximum absolute atomic E-state index is 13.6. The minimum absolute atomic E-state index is 0.152. The topological polar surface area (TPSA) is 90.9 Å². The van der Waals surface area contributed by atoms with Crippen LogP contribution in [0.4, 0.5) is 0 Å². The molecule has 1 amide bonds. The van der Waals surface area contributed by atoms with E-state index in [1.54, 1.807) is 18.6 Å². The summed E-state index contributed by atoms with van der Waals surface area (Å²) in [7, 11) is 0. The lowest BCUT2D eigenvalue weighted by molar-refractivity contribution is 0.0941. The minimum Gasteiger partial charge on any atom is -0.505 e. The molecular formula is C26H20N4O2. The number of aromatic nitrogens is 3. The van der Waals surface area contributed by atoms with E-state index in [0.29, 0.717) is 22.3 Å². The molecule has 32 heavy (non-hydrogen) atoms. The van der Waals surface area contributed by atoms with Gasteiger partial charge in [-0.05, 0) is 11.6 Å². The van der Waals surface area contributed by atoms with Crippen molar-refractivity contribution in [2.45, 2.75) is 6.04 Å². The fraction of sp³-hybridized carbons (Fsp3) is 0.0385. The van der Waals surface area contributed by atoms with Crippen LogP contribution < -0.4 is 5.32 Å². The van der Waals surface area contributed by atoms with E-state index in [2.05, 4.69) is 20.3 Å². The molecule has 0 aliphatic heterocycles. The van der Waals surface area contributed by atoms with Crippen LogP contribution in [-0.2, 0) is 0 Å². The molecule has 3 aromatic carbocycles. The Morgan fingerprint density at radius 1 is 0.906 bits per heavy atom. The average Bonchev–Trinajstić information content (AvgIpc) is 3.38. The number of hydrogen-bond acceptors (Lipinski definition) is 4. The summed E-state index contributed by atoms with van der Waals surface area (Å²) in [5.74, 6) is -0.559. The number of para-hydroxylation sites is 1. The van der Waals surface area contributed by atoms with Crippen LogP contribution in [0, 0.1) is 0 Å². The number of aromatic hydroxyl groups is 1. The predicted molar refractivity (Wildman–Crippen MR) is 123 cm³/mol. The Hall–Kier alpha value is -4.45. The number of amides is 1. The van der Waals surface area contributed by atoms with Gasteiger partial charge in [0.1, 0.15) is 5.69 Å². The van der Waals surface area contributed by atoms with E-state index >= 15 is 0 Å². The highest BCUT2D eigenvalue weighted by molar-refractivity contribution is 6.10. The summed E-state index contributed by atoms with van der Waals surface area (Å²) in [5.41, 5.74) is 3.47.